The van der Waals surface area contributed by atoms with Gasteiger partial charge in [-0.05, 0) is 32.8 Å². The number of hydrogen-bond donors (Lipinski definition) is 6. The Morgan fingerprint density at radius 2 is 1.89 bits per heavy atom. The molecule has 0 saturated carbocycles. The van der Waals surface area contributed by atoms with Gasteiger partial charge in [0.15, 0.2) is 0 Å². The first-order valence-corrected chi connectivity index (χ1v) is 9.20. The number of rotatable bonds is 12. The molecule has 1 aromatic rings. The Kier molecular flexibility index (Phi) is 10.5. The van der Waals surface area contributed by atoms with Crippen LogP contribution in [0, 0.1) is 0 Å². The molecule has 0 spiro atoms. The predicted molar refractivity (Wildman–Crippen MR) is 105 cm³/mol. The Bertz CT molecular complexity index is 534. The van der Waals surface area contributed by atoms with E-state index in [-0.39, 0.29) is 24.6 Å². The van der Waals surface area contributed by atoms with Crippen molar-refractivity contribution in [2.45, 2.75) is 51.3 Å². The van der Waals surface area contributed by atoms with Crippen LogP contribution in [0.3, 0.4) is 0 Å². The molecular weight excluding hydrogens is 348 g/mol. The van der Waals surface area contributed by atoms with Crippen molar-refractivity contribution in [2.24, 2.45) is 5.73 Å². The van der Waals surface area contributed by atoms with Crippen LogP contribution in [-0.2, 0) is 16.0 Å². The van der Waals surface area contributed by atoms with Crippen LogP contribution in [0.4, 0.5) is 0 Å². The zero-order chi connectivity index (χ0) is 20.3. The highest BCUT2D eigenvalue weighted by atomic mass is 16.5. The molecule has 0 bridgehead atoms. The van der Waals surface area contributed by atoms with Gasteiger partial charge in [-0.25, -0.2) is 0 Å². The summed E-state index contributed by atoms with van der Waals surface area (Å²) in [6.07, 6.45) is -1.70. The number of aliphatic hydroxyl groups is 2. The van der Waals surface area contributed by atoms with E-state index in [9.17, 15) is 15.0 Å². The molecule has 3 unspecified atom stereocenters. The number of aliphatic hydroxyl groups excluding tert-OH is 2. The van der Waals surface area contributed by atoms with Gasteiger partial charge in [0.1, 0.15) is 12.5 Å². The summed E-state index contributed by atoms with van der Waals surface area (Å²) in [5, 5.41) is 28.2. The lowest BCUT2D eigenvalue weighted by atomic mass is 10.0. The normalized spacial score (nSPS) is 15.2. The van der Waals surface area contributed by atoms with Crippen molar-refractivity contribution in [2.75, 3.05) is 26.2 Å². The average Bonchev–Trinajstić information content (AvgIpc) is 2.59. The third-order valence-electron chi connectivity index (χ3n) is 3.71. The standard InChI is InChI=1S/C19H34N4O4/c1-19(2,3)27-10-9-21-12-16(24)22-13-17(25)23-15(18(20)26)11-14-7-5-4-6-8-14/h4-8,15,17-18,21,23,25-26H,9-13,20H2,1-3H3,(H,22,24). The van der Waals surface area contributed by atoms with Crippen LogP contribution in [-0.4, -0.2) is 66.5 Å². The van der Waals surface area contributed by atoms with E-state index in [0.29, 0.717) is 19.6 Å². The largest absolute Gasteiger partial charge is 0.377 e. The first-order valence-electron chi connectivity index (χ1n) is 9.20. The zero-order valence-corrected chi connectivity index (χ0v) is 16.4. The van der Waals surface area contributed by atoms with Crippen LogP contribution in [0.1, 0.15) is 26.3 Å². The van der Waals surface area contributed by atoms with Crippen LogP contribution in [0.25, 0.3) is 0 Å². The fourth-order valence-corrected chi connectivity index (χ4v) is 2.36. The SMILES string of the molecule is CC(C)(C)OCCNCC(=O)NCC(O)NC(Cc1ccccc1)C(N)O. The Balaban J connectivity index is 2.25. The molecule has 3 atom stereocenters. The maximum atomic E-state index is 11.8. The van der Waals surface area contributed by atoms with Gasteiger partial charge in [0, 0.05) is 6.54 Å². The predicted octanol–water partition coefficient (Wildman–Crippen LogP) is -0.696. The smallest absolute Gasteiger partial charge is 0.234 e. The molecule has 1 rings (SSSR count). The first kappa shape index (κ1) is 23.5. The molecule has 8 nitrogen and oxygen atoms in total. The average molecular weight is 383 g/mol. The quantitative estimate of drug-likeness (QED) is 0.208. The number of carbonyl (C=O) groups is 1. The van der Waals surface area contributed by atoms with Crippen LogP contribution >= 0.6 is 0 Å². The lowest BCUT2D eigenvalue weighted by Gasteiger charge is -2.25. The van der Waals surface area contributed by atoms with E-state index < -0.39 is 18.5 Å². The summed E-state index contributed by atoms with van der Waals surface area (Å²) in [6, 6.07) is 8.99. The number of nitrogens with two attached hydrogens (primary N) is 1. The molecule has 27 heavy (non-hydrogen) atoms. The number of ether oxygens (including phenoxy) is 1. The summed E-state index contributed by atoms with van der Waals surface area (Å²) in [7, 11) is 0. The molecule has 0 saturated heterocycles. The van der Waals surface area contributed by atoms with Gasteiger partial charge in [0.25, 0.3) is 0 Å². The molecule has 0 aromatic heterocycles. The number of nitrogens with one attached hydrogen (secondary N) is 3. The minimum atomic E-state index is -1.14. The fourth-order valence-electron chi connectivity index (χ4n) is 2.36. The van der Waals surface area contributed by atoms with Crippen molar-refractivity contribution in [1.29, 1.82) is 0 Å². The third-order valence-corrected chi connectivity index (χ3v) is 3.71. The number of hydrogen-bond acceptors (Lipinski definition) is 7. The molecule has 0 aliphatic carbocycles. The summed E-state index contributed by atoms with van der Waals surface area (Å²) in [5.74, 6) is -0.237. The van der Waals surface area contributed by atoms with E-state index in [4.69, 9.17) is 10.5 Å². The summed E-state index contributed by atoms with van der Waals surface area (Å²) < 4.78 is 5.54. The second kappa shape index (κ2) is 12.0. The van der Waals surface area contributed by atoms with E-state index in [1.165, 1.54) is 0 Å². The summed E-state index contributed by atoms with van der Waals surface area (Å²) in [5.41, 5.74) is 6.37. The Hall–Kier alpha value is -1.55. The maximum absolute atomic E-state index is 11.8. The zero-order valence-electron chi connectivity index (χ0n) is 16.4. The van der Waals surface area contributed by atoms with Gasteiger partial charge in [-0.3, -0.25) is 10.1 Å². The lowest BCUT2D eigenvalue weighted by Crippen LogP contribution is -2.53. The van der Waals surface area contributed by atoms with Crippen molar-refractivity contribution in [1.82, 2.24) is 16.0 Å². The van der Waals surface area contributed by atoms with Crippen molar-refractivity contribution >= 4 is 5.91 Å². The van der Waals surface area contributed by atoms with Gasteiger partial charge < -0.3 is 31.3 Å². The van der Waals surface area contributed by atoms with Crippen LogP contribution in [0.5, 0.6) is 0 Å². The lowest BCUT2D eigenvalue weighted by molar-refractivity contribution is -0.120. The number of benzene rings is 1. The highest BCUT2D eigenvalue weighted by Crippen LogP contribution is 2.05. The van der Waals surface area contributed by atoms with Gasteiger partial charge in [0.05, 0.1) is 31.3 Å². The molecule has 0 aliphatic heterocycles. The van der Waals surface area contributed by atoms with Crippen LogP contribution in [0.2, 0.25) is 0 Å². The molecule has 7 N–H and O–H groups in total. The third kappa shape index (κ3) is 11.7. The molecule has 8 heteroatoms. The second-order valence-electron chi connectivity index (χ2n) is 7.41. The number of amides is 1. The summed E-state index contributed by atoms with van der Waals surface area (Å²) >= 11 is 0. The molecular formula is C19H34N4O4. The minimum absolute atomic E-state index is 0.0109. The summed E-state index contributed by atoms with van der Waals surface area (Å²) in [6.45, 7) is 7.12. The van der Waals surface area contributed by atoms with E-state index >= 15 is 0 Å². The first-order chi connectivity index (χ1) is 12.7. The van der Waals surface area contributed by atoms with E-state index in [2.05, 4.69) is 16.0 Å². The van der Waals surface area contributed by atoms with E-state index in [1.807, 2.05) is 51.1 Å². The Morgan fingerprint density at radius 1 is 1.22 bits per heavy atom. The second-order valence-corrected chi connectivity index (χ2v) is 7.41. The van der Waals surface area contributed by atoms with Crippen molar-refractivity contribution in [3.8, 4) is 0 Å². The molecule has 1 aromatic carbocycles. The van der Waals surface area contributed by atoms with Crippen LogP contribution in [0.15, 0.2) is 30.3 Å². The highest BCUT2D eigenvalue weighted by molar-refractivity contribution is 5.77. The number of carbonyl (C=O) groups excluding carboxylic acids is 1. The highest BCUT2D eigenvalue weighted by Gasteiger charge is 2.19. The van der Waals surface area contributed by atoms with Gasteiger partial charge in [-0.1, -0.05) is 30.3 Å². The Morgan fingerprint density at radius 3 is 2.48 bits per heavy atom. The molecule has 154 valence electrons. The Labute approximate surface area is 161 Å². The van der Waals surface area contributed by atoms with Gasteiger partial charge in [0.2, 0.25) is 5.91 Å². The van der Waals surface area contributed by atoms with E-state index in [1.54, 1.807) is 0 Å². The minimum Gasteiger partial charge on any atom is -0.377 e. The van der Waals surface area contributed by atoms with Crippen LogP contribution < -0.4 is 21.7 Å². The maximum Gasteiger partial charge on any atom is 0.234 e. The van der Waals surface area contributed by atoms with Gasteiger partial charge in [-0.15, -0.1) is 0 Å². The molecule has 0 fully saturated rings. The molecule has 1 amide bonds. The molecule has 0 radical (unpaired) electrons. The van der Waals surface area contributed by atoms with Crippen molar-refractivity contribution in [3.63, 3.8) is 0 Å². The van der Waals surface area contributed by atoms with Gasteiger partial charge >= 0.3 is 0 Å². The molecule has 0 aliphatic rings. The monoisotopic (exact) mass is 382 g/mol. The van der Waals surface area contributed by atoms with Gasteiger partial charge in [-0.2, -0.15) is 0 Å². The fraction of sp³-hybridized carbons (Fsp3) is 0.632. The summed E-state index contributed by atoms with van der Waals surface area (Å²) in [4.78, 5) is 11.8. The topological polar surface area (TPSA) is 129 Å². The molecule has 0 heterocycles. The van der Waals surface area contributed by atoms with E-state index in [0.717, 1.165) is 5.56 Å². The van der Waals surface area contributed by atoms with Crippen molar-refractivity contribution in [3.05, 3.63) is 35.9 Å². The van der Waals surface area contributed by atoms with Crippen molar-refractivity contribution < 1.29 is 19.7 Å².